The molecule has 0 fully saturated rings. The zero-order chi connectivity index (χ0) is 17.6. The maximum absolute atomic E-state index is 4.18. The minimum atomic E-state index is 0. The molecule has 0 saturated carbocycles. The summed E-state index contributed by atoms with van der Waals surface area (Å²) in [5.74, 6) is 0.870. The molecule has 0 aliphatic rings. The normalized spacial score (nSPS) is 11.7. The van der Waals surface area contributed by atoms with Crippen molar-refractivity contribution in [1.82, 2.24) is 4.98 Å². The van der Waals surface area contributed by atoms with Crippen molar-refractivity contribution in [3.63, 3.8) is 0 Å². The van der Waals surface area contributed by atoms with Gasteiger partial charge in [0, 0.05) is 30.9 Å². The van der Waals surface area contributed by atoms with Crippen LogP contribution in [0.4, 0.5) is 0 Å². The van der Waals surface area contributed by atoms with Crippen LogP contribution in [0.2, 0.25) is 0 Å². The van der Waals surface area contributed by atoms with Gasteiger partial charge in [0.2, 0.25) is 0 Å². The lowest BCUT2D eigenvalue weighted by molar-refractivity contribution is -0.697. The summed E-state index contributed by atoms with van der Waals surface area (Å²) < 4.78 is 2.29. The lowest BCUT2D eigenvalue weighted by atomic mass is 9.97. The maximum Gasteiger partial charge on any atom is 0.168 e. The summed E-state index contributed by atoms with van der Waals surface area (Å²) in [6.45, 7) is 3.58. The number of hydrogen-bond acceptors (Lipinski definition) is 1. The standard InChI is InChI=1S/C23H35N2.BrH/c1-22(14-12-20-25-18-9-6-10-19-25)13-7-4-2-3-5-8-15-23-16-11-17-24-21-23;/h6,9-11,16-19,21-22H,2-5,7-8,12-15,20H2,1H3;1H/q+1;/p-1. The van der Waals surface area contributed by atoms with Crippen LogP contribution in [0.15, 0.2) is 55.1 Å². The van der Waals surface area contributed by atoms with Gasteiger partial charge in [-0.3, -0.25) is 4.98 Å². The van der Waals surface area contributed by atoms with E-state index in [1.165, 1.54) is 69.8 Å². The van der Waals surface area contributed by atoms with Gasteiger partial charge in [0.1, 0.15) is 6.54 Å². The molecule has 0 saturated heterocycles. The van der Waals surface area contributed by atoms with Crippen molar-refractivity contribution >= 4 is 0 Å². The number of unbranched alkanes of at least 4 members (excludes halogenated alkanes) is 5. The predicted molar refractivity (Wildman–Crippen MR) is 105 cm³/mol. The first-order valence-electron chi connectivity index (χ1n) is 10.2. The van der Waals surface area contributed by atoms with E-state index >= 15 is 0 Å². The average molecular weight is 419 g/mol. The summed E-state index contributed by atoms with van der Waals surface area (Å²) in [5.41, 5.74) is 1.38. The zero-order valence-electron chi connectivity index (χ0n) is 16.3. The molecule has 26 heavy (non-hydrogen) atoms. The van der Waals surface area contributed by atoms with Gasteiger partial charge < -0.3 is 17.0 Å². The van der Waals surface area contributed by atoms with Crippen LogP contribution in [-0.2, 0) is 13.0 Å². The number of aryl methyl sites for hydroxylation is 2. The molecule has 2 nitrogen and oxygen atoms in total. The van der Waals surface area contributed by atoms with Crippen molar-refractivity contribution in [3.05, 3.63) is 60.7 Å². The fourth-order valence-electron chi connectivity index (χ4n) is 3.43. The Kier molecular flexibility index (Phi) is 13.1. The highest BCUT2D eigenvalue weighted by Crippen LogP contribution is 2.16. The monoisotopic (exact) mass is 418 g/mol. The third-order valence-electron chi connectivity index (χ3n) is 5.03. The van der Waals surface area contributed by atoms with Crippen molar-refractivity contribution in [1.29, 1.82) is 0 Å². The molecule has 3 heteroatoms. The van der Waals surface area contributed by atoms with Gasteiger partial charge in [-0.2, -0.15) is 0 Å². The van der Waals surface area contributed by atoms with Gasteiger partial charge in [-0.15, -0.1) is 0 Å². The van der Waals surface area contributed by atoms with Crippen molar-refractivity contribution in [2.75, 3.05) is 0 Å². The highest BCUT2D eigenvalue weighted by atomic mass is 79.9. The Bertz CT molecular complexity index is 545. The molecule has 1 atom stereocenters. The van der Waals surface area contributed by atoms with Gasteiger partial charge in [0.15, 0.2) is 12.4 Å². The third kappa shape index (κ3) is 10.7. The van der Waals surface area contributed by atoms with E-state index in [4.69, 9.17) is 0 Å². The second kappa shape index (κ2) is 14.9. The SMILES string of the molecule is CC(CCCCCCCCc1cccnc1)CCC[n+]1ccccc1.[Br-]. The fourth-order valence-corrected chi connectivity index (χ4v) is 3.43. The molecule has 144 valence electrons. The molecule has 2 rings (SSSR count). The summed E-state index contributed by atoms with van der Waals surface area (Å²) in [4.78, 5) is 4.18. The lowest BCUT2D eigenvalue weighted by Crippen LogP contribution is -3.00. The first kappa shape index (κ1) is 22.8. The first-order valence-corrected chi connectivity index (χ1v) is 10.2. The molecule has 0 aromatic carbocycles. The van der Waals surface area contributed by atoms with Gasteiger partial charge in [-0.25, -0.2) is 4.57 Å². The number of aromatic nitrogens is 2. The number of halogens is 1. The largest absolute Gasteiger partial charge is 1.00 e. The molecule has 0 bridgehead atoms. The average Bonchev–Trinajstić information content (AvgIpc) is 2.65. The Morgan fingerprint density at radius 1 is 0.846 bits per heavy atom. The molecule has 0 aliphatic carbocycles. The summed E-state index contributed by atoms with van der Waals surface area (Å²) in [6, 6.07) is 10.5. The van der Waals surface area contributed by atoms with E-state index in [1.807, 2.05) is 18.5 Å². The predicted octanol–water partition coefficient (Wildman–Crippen LogP) is 2.76. The smallest absolute Gasteiger partial charge is 0.168 e. The van der Waals surface area contributed by atoms with E-state index in [1.54, 1.807) is 0 Å². The summed E-state index contributed by atoms with van der Waals surface area (Å²) in [6.07, 6.45) is 21.7. The maximum atomic E-state index is 4.18. The Balaban J connectivity index is 0.00000338. The number of rotatable bonds is 13. The van der Waals surface area contributed by atoms with Crippen LogP contribution in [0.5, 0.6) is 0 Å². The van der Waals surface area contributed by atoms with E-state index in [-0.39, 0.29) is 17.0 Å². The molecule has 0 amide bonds. The molecule has 1 unspecified atom stereocenters. The van der Waals surface area contributed by atoms with E-state index < -0.39 is 0 Å². The quantitative estimate of drug-likeness (QED) is 0.361. The second-order valence-corrected chi connectivity index (χ2v) is 7.38. The van der Waals surface area contributed by atoms with Crippen LogP contribution in [-0.4, -0.2) is 4.98 Å². The topological polar surface area (TPSA) is 16.8 Å². The highest BCUT2D eigenvalue weighted by Gasteiger charge is 2.04. The van der Waals surface area contributed by atoms with Crippen LogP contribution in [0.25, 0.3) is 0 Å². The molecule has 2 aromatic heterocycles. The summed E-state index contributed by atoms with van der Waals surface area (Å²) in [7, 11) is 0. The van der Waals surface area contributed by atoms with Crippen molar-refractivity contribution in [2.45, 2.75) is 77.7 Å². The van der Waals surface area contributed by atoms with Gasteiger partial charge in [0.25, 0.3) is 0 Å². The van der Waals surface area contributed by atoms with Gasteiger partial charge in [-0.1, -0.05) is 57.6 Å². The van der Waals surface area contributed by atoms with Gasteiger partial charge in [0.05, 0.1) is 0 Å². The van der Waals surface area contributed by atoms with E-state index in [9.17, 15) is 0 Å². The van der Waals surface area contributed by atoms with Crippen molar-refractivity contribution in [3.8, 4) is 0 Å². The van der Waals surface area contributed by atoms with E-state index in [2.05, 4.69) is 53.1 Å². The van der Waals surface area contributed by atoms with Gasteiger partial charge >= 0.3 is 0 Å². The van der Waals surface area contributed by atoms with E-state index in [0.717, 1.165) is 12.5 Å². The molecule has 2 heterocycles. The number of pyridine rings is 2. The van der Waals surface area contributed by atoms with Crippen LogP contribution < -0.4 is 21.5 Å². The zero-order valence-corrected chi connectivity index (χ0v) is 17.9. The Hall–Kier alpha value is -1.22. The summed E-state index contributed by atoms with van der Waals surface area (Å²) >= 11 is 0. The van der Waals surface area contributed by atoms with Crippen LogP contribution >= 0.6 is 0 Å². The highest BCUT2D eigenvalue weighted by molar-refractivity contribution is 5.08. The molecule has 0 spiro atoms. The van der Waals surface area contributed by atoms with Gasteiger partial charge in [-0.05, 0) is 36.8 Å². The number of hydrogen-bond donors (Lipinski definition) is 0. The minimum absolute atomic E-state index is 0. The van der Waals surface area contributed by atoms with Crippen LogP contribution in [0.1, 0.15) is 70.3 Å². The lowest BCUT2D eigenvalue weighted by Gasteiger charge is -2.10. The Morgan fingerprint density at radius 2 is 1.54 bits per heavy atom. The first-order chi connectivity index (χ1) is 12.3. The molecule has 2 aromatic rings. The number of nitrogens with zero attached hydrogens (tertiary/aromatic N) is 2. The Morgan fingerprint density at radius 3 is 2.27 bits per heavy atom. The third-order valence-corrected chi connectivity index (χ3v) is 5.03. The van der Waals surface area contributed by atoms with Crippen LogP contribution in [0.3, 0.4) is 0 Å². The molecule has 0 aliphatic heterocycles. The molecular weight excluding hydrogens is 384 g/mol. The summed E-state index contributed by atoms with van der Waals surface area (Å²) in [5, 5.41) is 0. The van der Waals surface area contributed by atoms with Crippen LogP contribution in [0, 0.1) is 5.92 Å². The van der Waals surface area contributed by atoms with Crippen molar-refractivity contribution in [2.24, 2.45) is 5.92 Å². The molecule has 0 N–H and O–H groups in total. The van der Waals surface area contributed by atoms with E-state index in [0.29, 0.717) is 0 Å². The molecular formula is C23H35BrN2. The molecule has 0 radical (unpaired) electrons. The van der Waals surface area contributed by atoms with Crippen molar-refractivity contribution < 1.29 is 21.5 Å². The minimum Gasteiger partial charge on any atom is -1.00 e. The fraction of sp³-hybridized carbons (Fsp3) is 0.565. The second-order valence-electron chi connectivity index (χ2n) is 7.38. The Labute approximate surface area is 170 Å².